The van der Waals surface area contributed by atoms with E-state index in [4.69, 9.17) is 10.8 Å². The van der Waals surface area contributed by atoms with E-state index in [1.807, 2.05) is 35.0 Å². The maximum Gasteiger partial charge on any atom is 0.0682 e. The molecule has 0 unspecified atom stereocenters. The fourth-order valence-electron chi connectivity index (χ4n) is 1.84. The van der Waals surface area contributed by atoms with E-state index < -0.39 is 0 Å². The summed E-state index contributed by atoms with van der Waals surface area (Å²) in [5, 5.41) is 13.2. The fourth-order valence-corrected chi connectivity index (χ4v) is 1.84. The summed E-state index contributed by atoms with van der Waals surface area (Å²) in [6, 6.07) is 9.60. The summed E-state index contributed by atoms with van der Waals surface area (Å²) < 4.78 is 1.95. The van der Waals surface area contributed by atoms with Gasteiger partial charge in [-0.25, -0.2) is 0 Å². The molecule has 0 aliphatic carbocycles. The van der Waals surface area contributed by atoms with Crippen molar-refractivity contribution in [1.29, 1.82) is 0 Å². The second-order valence-corrected chi connectivity index (χ2v) is 3.94. The van der Waals surface area contributed by atoms with Crippen LogP contribution in [0, 0.1) is 0 Å². The van der Waals surface area contributed by atoms with Gasteiger partial charge in [0, 0.05) is 12.7 Å². The van der Waals surface area contributed by atoms with Crippen molar-refractivity contribution in [3.8, 4) is 11.3 Å². The van der Waals surface area contributed by atoms with Gasteiger partial charge in [-0.15, -0.1) is 0 Å². The Morgan fingerprint density at radius 2 is 2.00 bits per heavy atom. The number of nitrogens with zero attached hydrogens (tertiary/aromatic N) is 2. The molecule has 0 saturated carbocycles. The molecule has 0 aliphatic rings. The van der Waals surface area contributed by atoms with E-state index in [1.54, 1.807) is 6.20 Å². The predicted molar refractivity (Wildman–Crippen MR) is 67.4 cm³/mol. The van der Waals surface area contributed by atoms with Crippen LogP contribution in [0.4, 0.5) is 0 Å². The molecule has 17 heavy (non-hydrogen) atoms. The van der Waals surface area contributed by atoms with Crippen LogP contribution in [-0.2, 0) is 6.54 Å². The number of benzene rings is 1. The first-order valence-electron chi connectivity index (χ1n) is 5.75. The molecular weight excluding hydrogens is 214 g/mol. The molecule has 1 aromatic carbocycles. The van der Waals surface area contributed by atoms with Crippen LogP contribution in [0.3, 0.4) is 0 Å². The Morgan fingerprint density at radius 3 is 2.59 bits per heavy atom. The van der Waals surface area contributed by atoms with Gasteiger partial charge >= 0.3 is 0 Å². The Kier molecular flexibility index (Phi) is 3.56. The van der Waals surface area contributed by atoms with Gasteiger partial charge in [0.2, 0.25) is 0 Å². The summed E-state index contributed by atoms with van der Waals surface area (Å²) >= 11 is 0. The van der Waals surface area contributed by atoms with Gasteiger partial charge in [-0.3, -0.25) is 4.68 Å². The van der Waals surface area contributed by atoms with Crippen LogP contribution in [0.1, 0.15) is 18.5 Å². The summed E-state index contributed by atoms with van der Waals surface area (Å²) in [5.74, 6) is 0. The van der Waals surface area contributed by atoms with Crippen LogP contribution in [0.25, 0.3) is 11.3 Å². The molecular formula is C13H17N3O. The highest BCUT2D eigenvalue weighted by Crippen LogP contribution is 2.21. The van der Waals surface area contributed by atoms with Gasteiger partial charge in [-0.1, -0.05) is 24.3 Å². The first-order chi connectivity index (χ1) is 8.26. The molecule has 1 heterocycles. The molecule has 2 rings (SSSR count). The minimum atomic E-state index is -0.305. The average Bonchev–Trinajstić information content (AvgIpc) is 2.86. The molecule has 0 aliphatic heterocycles. The van der Waals surface area contributed by atoms with Crippen molar-refractivity contribution in [3.63, 3.8) is 0 Å². The first-order valence-corrected chi connectivity index (χ1v) is 5.75. The van der Waals surface area contributed by atoms with Gasteiger partial charge in [0.15, 0.2) is 0 Å². The van der Waals surface area contributed by atoms with Gasteiger partial charge in [-0.2, -0.15) is 5.10 Å². The molecule has 0 bridgehead atoms. The predicted octanol–water partition coefficient (Wildman–Crippen LogP) is 1.56. The SMILES string of the molecule is CCn1nccc1-c1ccc([C@@H](N)CO)cc1. The highest BCUT2D eigenvalue weighted by molar-refractivity contribution is 5.59. The third-order valence-corrected chi connectivity index (χ3v) is 2.85. The molecule has 1 aromatic heterocycles. The molecule has 0 radical (unpaired) electrons. The number of aromatic nitrogens is 2. The van der Waals surface area contributed by atoms with Crippen molar-refractivity contribution in [2.24, 2.45) is 5.73 Å². The standard InChI is InChI=1S/C13H17N3O/c1-2-16-13(7-8-15-16)11-5-3-10(4-6-11)12(14)9-17/h3-8,12,17H,2,9,14H2,1H3/t12-/m0/s1. The molecule has 4 heteroatoms. The Labute approximate surface area is 101 Å². The Bertz CT molecular complexity index is 476. The summed E-state index contributed by atoms with van der Waals surface area (Å²) in [6.07, 6.45) is 1.80. The maximum absolute atomic E-state index is 8.98. The van der Waals surface area contributed by atoms with Crippen molar-refractivity contribution in [2.45, 2.75) is 19.5 Å². The van der Waals surface area contributed by atoms with Crippen LogP contribution in [0.2, 0.25) is 0 Å². The van der Waals surface area contributed by atoms with E-state index in [9.17, 15) is 0 Å². The lowest BCUT2D eigenvalue weighted by molar-refractivity contribution is 0.268. The summed E-state index contributed by atoms with van der Waals surface area (Å²) in [4.78, 5) is 0. The van der Waals surface area contributed by atoms with Gasteiger partial charge in [0.1, 0.15) is 0 Å². The first kappa shape index (κ1) is 11.8. The van der Waals surface area contributed by atoms with Gasteiger partial charge < -0.3 is 10.8 Å². The normalized spacial score (nSPS) is 12.6. The second-order valence-electron chi connectivity index (χ2n) is 3.94. The minimum Gasteiger partial charge on any atom is -0.394 e. The monoisotopic (exact) mass is 231 g/mol. The Balaban J connectivity index is 2.29. The van der Waals surface area contributed by atoms with Crippen molar-refractivity contribution in [3.05, 3.63) is 42.1 Å². The molecule has 1 atom stereocenters. The summed E-state index contributed by atoms with van der Waals surface area (Å²) in [7, 11) is 0. The number of aliphatic hydroxyl groups excluding tert-OH is 1. The largest absolute Gasteiger partial charge is 0.394 e. The zero-order chi connectivity index (χ0) is 12.3. The minimum absolute atomic E-state index is 0.0355. The maximum atomic E-state index is 8.98. The number of aryl methyl sites for hydroxylation is 1. The topological polar surface area (TPSA) is 64.1 Å². The van der Waals surface area contributed by atoms with Crippen LogP contribution in [-0.4, -0.2) is 21.5 Å². The molecule has 0 fully saturated rings. The molecule has 4 nitrogen and oxygen atoms in total. The second kappa shape index (κ2) is 5.12. The number of hydrogen-bond donors (Lipinski definition) is 2. The molecule has 0 saturated heterocycles. The van der Waals surface area contributed by atoms with Crippen LogP contribution in [0.15, 0.2) is 36.5 Å². The van der Waals surface area contributed by atoms with Crippen molar-refractivity contribution in [1.82, 2.24) is 9.78 Å². The lowest BCUT2D eigenvalue weighted by Crippen LogP contribution is -2.14. The number of rotatable bonds is 4. The smallest absolute Gasteiger partial charge is 0.0682 e. The average molecular weight is 231 g/mol. The van der Waals surface area contributed by atoms with E-state index in [-0.39, 0.29) is 12.6 Å². The third-order valence-electron chi connectivity index (χ3n) is 2.85. The highest BCUT2D eigenvalue weighted by Gasteiger charge is 2.06. The molecule has 3 N–H and O–H groups in total. The van der Waals surface area contributed by atoms with E-state index in [2.05, 4.69) is 12.0 Å². The van der Waals surface area contributed by atoms with Gasteiger partial charge in [-0.05, 0) is 24.1 Å². The summed E-state index contributed by atoms with van der Waals surface area (Å²) in [5.41, 5.74) is 8.90. The molecule has 0 amide bonds. The molecule has 90 valence electrons. The van der Waals surface area contributed by atoms with E-state index in [0.717, 1.165) is 23.4 Å². The highest BCUT2D eigenvalue weighted by atomic mass is 16.3. The Hall–Kier alpha value is -1.65. The van der Waals surface area contributed by atoms with Gasteiger partial charge in [0.25, 0.3) is 0 Å². The van der Waals surface area contributed by atoms with E-state index in [1.165, 1.54) is 0 Å². The lowest BCUT2D eigenvalue weighted by atomic mass is 10.0. The van der Waals surface area contributed by atoms with Crippen molar-refractivity contribution < 1.29 is 5.11 Å². The van der Waals surface area contributed by atoms with Crippen LogP contribution in [0.5, 0.6) is 0 Å². The van der Waals surface area contributed by atoms with Crippen LogP contribution < -0.4 is 5.73 Å². The van der Waals surface area contributed by atoms with Crippen molar-refractivity contribution >= 4 is 0 Å². The molecule has 2 aromatic rings. The summed E-state index contributed by atoms with van der Waals surface area (Å²) in [6.45, 7) is 2.87. The quantitative estimate of drug-likeness (QED) is 0.839. The number of nitrogens with two attached hydrogens (primary N) is 1. The third kappa shape index (κ3) is 2.38. The zero-order valence-electron chi connectivity index (χ0n) is 9.87. The number of aliphatic hydroxyl groups is 1. The Morgan fingerprint density at radius 1 is 1.29 bits per heavy atom. The van der Waals surface area contributed by atoms with Crippen LogP contribution >= 0.6 is 0 Å². The van der Waals surface area contributed by atoms with Crippen molar-refractivity contribution in [2.75, 3.05) is 6.61 Å². The molecule has 0 spiro atoms. The fraction of sp³-hybridized carbons (Fsp3) is 0.308. The lowest BCUT2D eigenvalue weighted by Gasteiger charge is -2.10. The van der Waals surface area contributed by atoms with Gasteiger partial charge in [0.05, 0.1) is 18.3 Å². The zero-order valence-corrected chi connectivity index (χ0v) is 9.87. The van der Waals surface area contributed by atoms with E-state index in [0.29, 0.717) is 0 Å². The number of hydrogen-bond acceptors (Lipinski definition) is 3. The van der Waals surface area contributed by atoms with E-state index >= 15 is 0 Å².